The van der Waals surface area contributed by atoms with Crippen LogP contribution in [0.25, 0.3) is 0 Å². The molecule has 1 aliphatic heterocycles. The summed E-state index contributed by atoms with van der Waals surface area (Å²) in [6, 6.07) is 8.87. The van der Waals surface area contributed by atoms with Crippen LogP contribution in [0.3, 0.4) is 0 Å². The lowest BCUT2D eigenvalue weighted by atomic mass is 10.0. The van der Waals surface area contributed by atoms with Crippen molar-refractivity contribution in [3.05, 3.63) is 30.3 Å². The first-order valence-corrected chi connectivity index (χ1v) is 5.72. The van der Waals surface area contributed by atoms with Gasteiger partial charge in [-0.15, -0.1) is 0 Å². The summed E-state index contributed by atoms with van der Waals surface area (Å²) in [5, 5.41) is 0. The van der Waals surface area contributed by atoms with E-state index in [4.69, 9.17) is 4.74 Å². The molecule has 1 atom stereocenters. The third-order valence-electron chi connectivity index (χ3n) is 2.87. The molecule has 1 fully saturated rings. The van der Waals surface area contributed by atoms with Crippen molar-refractivity contribution in [1.29, 1.82) is 0 Å². The van der Waals surface area contributed by atoms with Crippen LogP contribution >= 0.6 is 0 Å². The van der Waals surface area contributed by atoms with Crippen LogP contribution in [0.2, 0.25) is 0 Å². The van der Waals surface area contributed by atoms with E-state index in [1.54, 1.807) is 17.0 Å². The van der Waals surface area contributed by atoms with Gasteiger partial charge in [0.05, 0.1) is 0 Å². The van der Waals surface area contributed by atoms with Crippen LogP contribution in [0.4, 0.5) is 4.79 Å². The summed E-state index contributed by atoms with van der Waals surface area (Å²) in [4.78, 5) is 24.7. The summed E-state index contributed by atoms with van der Waals surface area (Å²) >= 11 is 0. The molecular weight excluding hydrogens is 218 g/mol. The minimum Gasteiger partial charge on any atom is -0.410 e. The average molecular weight is 233 g/mol. The fraction of sp³-hybridized carbons (Fsp3) is 0.385. The van der Waals surface area contributed by atoms with Gasteiger partial charge in [0.1, 0.15) is 11.5 Å². The molecule has 0 bridgehead atoms. The van der Waals surface area contributed by atoms with Crippen molar-refractivity contribution in [2.75, 3.05) is 6.54 Å². The molecule has 1 amide bonds. The number of carbonyl (C=O) groups excluding carboxylic acids is 2. The van der Waals surface area contributed by atoms with Gasteiger partial charge in [-0.3, -0.25) is 4.79 Å². The van der Waals surface area contributed by atoms with E-state index in [1.807, 2.05) is 25.1 Å². The quantitative estimate of drug-likeness (QED) is 0.747. The zero-order valence-electron chi connectivity index (χ0n) is 9.76. The number of Topliss-reactive ketones (excluding diaryl/α,β-unsaturated/α-hetero) is 1. The number of likely N-dealkylation sites (tertiary alicyclic amines) is 1. The van der Waals surface area contributed by atoms with Crippen molar-refractivity contribution in [2.45, 2.75) is 25.8 Å². The highest BCUT2D eigenvalue weighted by Gasteiger charge is 2.28. The molecule has 1 aromatic carbocycles. The average Bonchev–Trinajstić information content (AvgIpc) is 2.30. The SMILES string of the molecule is CC1CC(=O)CCN1C(=O)Oc1ccccc1. The van der Waals surface area contributed by atoms with Gasteiger partial charge in [0.25, 0.3) is 0 Å². The second-order valence-corrected chi connectivity index (χ2v) is 4.22. The van der Waals surface area contributed by atoms with Crippen molar-refractivity contribution in [3.8, 4) is 5.75 Å². The summed E-state index contributed by atoms with van der Waals surface area (Å²) in [7, 11) is 0. The molecule has 4 heteroatoms. The van der Waals surface area contributed by atoms with Crippen molar-refractivity contribution in [3.63, 3.8) is 0 Å². The smallest absolute Gasteiger partial charge is 0.410 e. The highest BCUT2D eigenvalue weighted by atomic mass is 16.6. The van der Waals surface area contributed by atoms with Crippen molar-refractivity contribution in [1.82, 2.24) is 4.90 Å². The van der Waals surface area contributed by atoms with E-state index in [-0.39, 0.29) is 17.9 Å². The summed E-state index contributed by atoms with van der Waals surface area (Å²) in [5.41, 5.74) is 0. The van der Waals surface area contributed by atoms with Gasteiger partial charge in [-0.1, -0.05) is 18.2 Å². The Morgan fingerprint density at radius 2 is 2.06 bits per heavy atom. The predicted molar refractivity (Wildman–Crippen MR) is 62.9 cm³/mol. The molecule has 1 heterocycles. The van der Waals surface area contributed by atoms with E-state index < -0.39 is 0 Å². The first-order chi connectivity index (χ1) is 8.16. The number of amides is 1. The number of hydrogen-bond acceptors (Lipinski definition) is 3. The highest BCUT2D eigenvalue weighted by Crippen LogP contribution is 2.17. The number of benzene rings is 1. The van der Waals surface area contributed by atoms with Crippen LogP contribution in [-0.2, 0) is 4.79 Å². The molecular formula is C13H15NO3. The number of nitrogens with zero attached hydrogens (tertiary/aromatic N) is 1. The van der Waals surface area contributed by atoms with E-state index in [0.29, 0.717) is 25.1 Å². The zero-order chi connectivity index (χ0) is 12.3. The van der Waals surface area contributed by atoms with Gasteiger partial charge in [-0.2, -0.15) is 0 Å². The molecule has 4 nitrogen and oxygen atoms in total. The van der Waals surface area contributed by atoms with E-state index in [2.05, 4.69) is 0 Å². The maximum Gasteiger partial charge on any atom is 0.415 e. The third-order valence-corrected chi connectivity index (χ3v) is 2.87. The maximum absolute atomic E-state index is 11.9. The van der Waals surface area contributed by atoms with Gasteiger partial charge < -0.3 is 9.64 Å². The summed E-state index contributed by atoms with van der Waals surface area (Å²) in [5.74, 6) is 0.739. The third kappa shape index (κ3) is 2.84. The molecule has 0 aromatic heterocycles. The van der Waals surface area contributed by atoms with Crippen LogP contribution in [0.5, 0.6) is 5.75 Å². The Balaban J connectivity index is 1.98. The molecule has 17 heavy (non-hydrogen) atoms. The number of hydrogen-bond donors (Lipinski definition) is 0. The molecule has 0 radical (unpaired) electrons. The summed E-state index contributed by atoms with van der Waals surface area (Å²) in [6.07, 6.45) is 0.467. The molecule has 2 rings (SSSR count). The van der Waals surface area contributed by atoms with Crippen LogP contribution in [0.1, 0.15) is 19.8 Å². The van der Waals surface area contributed by atoms with Crippen LogP contribution in [0, 0.1) is 0 Å². The van der Waals surface area contributed by atoms with Gasteiger partial charge in [-0.25, -0.2) is 4.79 Å². The van der Waals surface area contributed by atoms with Crippen molar-refractivity contribution < 1.29 is 14.3 Å². The fourth-order valence-corrected chi connectivity index (χ4v) is 1.93. The standard InChI is InChI=1S/C13H15NO3/c1-10-9-11(15)7-8-14(10)13(16)17-12-5-3-2-4-6-12/h2-6,10H,7-9H2,1H3. The molecule has 1 saturated heterocycles. The molecule has 0 spiro atoms. The Morgan fingerprint density at radius 3 is 2.71 bits per heavy atom. The van der Waals surface area contributed by atoms with Gasteiger partial charge in [-0.05, 0) is 19.1 Å². The van der Waals surface area contributed by atoms with Crippen molar-refractivity contribution in [2.24, 2.45) is 0 Å². The normalized spacial score (nSPS) is 20.2. The molecule has 0 N–H and O–H groups in total. The number of piperidine rings is 1. The van der Waals surface area contributed by atoms with E-state index in [1.165, 1.54) is 0 Å². The van der Waals surface area contributed by atoms with E-state index in [0.717, 1.165) is 0 Å². The molecule has 1 unspecified atom stereocenters. The first kappa shape index (κ1) is 11.6. The first-order valence-electron chi connectivity index (χ1n) is 5.72. The zero-order valence-corrected chi connectivity index (χ0v) is 9.76. The topological polar surface area (TPSA) is 46.6 Å². The van der Waals surface area contributed by atoms with Crippen LogP contribution < -0.4 is 4.74 Å². The number of carbonyl (C=O) groups is 2. The van der Waals surface area contributed by atoms with Crippen molar-refractivity contribution >= 4 is 11.9 Å². The molecule has 0 saturated carbocycles. The lowest BCUT2D eigenvalue weighted by Gasteiger charge is -2.31. The van der Waals surface area contributed by atoms with E-state index >= 15 is 0 Å². The second-order valence-electron chi connectivity index (χ2n) is 4.22. The highest BCUT2D eigenvalue weighted by molar-refractivity contribution is 5.82. The lowest BCUT2D eigenvalue weighted by Crippen LogP contribution is -2.46. The molecule has 1 aromatic rings. The second kappa shape index (κ2) is 4.99. The van der Waals surface area contributed by atoms with Gasteiger partial charge in [0.15, 0.2) is 0 Å². The number of ether oxygens (including phenoxy) is 1. The fourth-order valence-electron chi connectivity index (χ4n) is 1.93. The summed E-state index contributed by atoms with van der Waals surface area (Å²) in [6.45, 7) is 2.31. The Labute approximate surface area is 100 Å². The van der Waals surface area contributed by atoms with Gasteiger partial charge >= 0.3 is 6.09 Å². The maximum atomic E-state index is 11.9. The largest absolute Gasteiger partial charge is 0.415 e. The molecule has 1 aliphatic rings. The molecule has 0 aliphatic carbocycles. The Hall–Kier alpha value is -1.84. The monoisotopic (exact) mass is 233 g/mol. The lowest BCUT2D eigenvalue weighted by molar-refractivity contribution is -0.122. The summed E-state index contributed by atoms with van der Waals surface area (Å²) < 4.78 is 5.24. The minimum absolute atomic E-state index is 0.0764. The Bertz CT molecular complexity index is 416. The van der Waals surface area contributed by atoms with Crippen LogP contribution in [0.15, 0.2) is 30.3 Å². The van der Waals surface area contributed by atoms with Gasteiger partial charge in [0.2, 0.25) is 0 Å². The number of para-hydroxylation sites is 1. The van der Waals surface area contributed by atoms with Gasteiger partial charge in [0, 0.05) is 25.4 Å². The number of rotatable bonds is 1. The van der Waals surface area contributed by atoms with E-state index in [9.17, 15) is 9.59 Å². The van der Waals surface area contributed by atoms with Crippen LogP contribution in [-0.4, -0.2) is 29.4 Å². The Kier molecular flexibility index (Phi) is 3.42. The predicted octanol–water partition coefficient (Wildman–Crippen LogP) is 2.24. The number of ketones is 1. The Morgan fingerprint density at radius 1 is 1.35 bits per heavy atom. The molecule has 90 valence electrons. The minimum atomic E-state index is -0.379.